The lowest BCUT2D eigenvalue weighted by molar-refractivity contribution is -0.132. The van der Waals surface area contributed by atoms with Gasteiger partial charge in [0.2, 0.25) is 5.13 Å². The predicted molar refractivity (Wildman–Crippen MR) is 110 cm³/mol. The summed E-state index contributed by atoms with van der Waals surface area (Å²) in [5.41, 5.74) is 1.79. The summed E-state index contributed by atoms with van der Waals surface area (Å²) in [5.74, 6) is -2.74. The second kappa shape index (κ2) is 8.15. The largest absolute Gasteiger partial charge is 0.507 e. The summed E-state index contributed by atoms with van der Waals surface area (Å²) in [7, 11) is 0. The number of aliphatic hydroxyl groups excluding tert-OH is 1. The number of ketones is 1. The lowest BCUT2D eigenvalue weighted by atomic mass is 9.95. The van der Waals surface area contributed by atoms with Gasteiger partial charge in [0.15, 0.2) is 11.5 Å². The maximum Gasteiger partial charge on any atom is 0.301 e. The summed E-state index contributed by atoms with van der Waals surface area (Å²) >= 11 is 1.05. The molecule has 3 aromatic rings. The molecule has 2 aromatic carbocycles. The number of aromatic nitrogens is 2. The maximum atomic E-state index is 13.3. The van der Waals surface area contributed by atoms with Gasteiger partial charge in [0.1, 0.15) is 17.1 Å². The van der Waals surface area contributed by atoms with Crippen molar-refractivity contribution in [3.05, 3.63) is 70.5 Å². The highest BCUT2D eigenvalue weighted by Crippen LogP contribution is 2.44. The Balaban J connectivity index is 1.94. The molecule has 1 amide bonds. The number of phenolic OH excluding ortho intramolecular Hbond substituents is 1. The third-order valence-corrected chi connectivity index (χ3v) is 5.40. The average molecular weight is 441 g/mol. The van der Waals surface area contributed by atoms with Crippen molar-refractivity contribution in [3.8, 4) is 11.5 Å². The van der Waals surface area contributed by atoms with Gasteiger partial charge in [-0.15, -0.1) is 10.2 Å². The number of aromatic hydroxyl groups is 1. The van der Waals surface area contributed by atoms with E-state index in [0.29, 0.717) is 5.56 Å². The summed E-state index contributed by atoms with van der Waals surface area (Å²) in [5, 5.41) is 28.8. The van der Waals surface area contributed by atoms with Crippen molar-refractivity contribution in [1.29, 1.82) is 0 Å². The van der Waals surface area contributed by atoms with E-state index >= 15 is 0 Å². The first-order chi connectivity index (χ1) is 14.9. The number of hydrogen-bond donors (Lipinski definition) is 2. The number of carbonyl (C=O) groups is 2. The van der Waals surface area contributed by atoms with Gasteiger partial charge in [0, 0.05) is 5.56 Å². The normalized spacial score (nSPS) is 17.9. The monoisotopic (exact) mass is 441 g/mol. The quantitative estimate of drug-likeness (QED) is 0.354. The molecule has 2 heterocycles. The number of amides is 1. The molecular weight excluding hydrogens is 425 g/mol. The first-order valence-corrected chi connectivity index (χ1v) is 10.1. The molecule has 0 saturated carbocycles. The van der Waals surface area contributed by atoms with Crippen LogP contribution in [0, 0.1) is 5.82 Å². The number of rotatable bonds is 5. The summed E-state index contributed by atoms with van der Waals surface area (Å²) in [6.45, 7) is 2.02. The fraction of sp³-hybridized carbons (Fsp3) is 0.143. The van der Waals surface area contributed by atoms with Crippen LogP contribution in [0.15, 0.2) is 53.5 Å². The molecule has 158 valence electrons. The minimum Gasteiger partial charge on any atom is -0.507 e. The maximum absolute atomic E-state index is 13.3. The number of Topliss-reactive ketones (excluding diaryl/α,β-unsaturated/α-hetero) is 1. The van der Waals surface area contributed by atoms with Crippen LogP contribution in [-0.4, -0.2) is 38.7 Å². The Kier molecular flexibility index (Phi) is 5.38. The summed E-state index contributed by atoms with van der Waals surface area (Å²) in [6, 6.07) is 8.21. The van der Waals surface area contributed by atoms with Gasteiger partial charge in [0.05, 0.1) is 18.2 Å². The molecule has 2 N–H and O–H groups in total. The fourth-order valence-corrected chi connectivity index (χ4v) is 3.94. The molecule has 1 aliphatic rings. The first-order valence-electron chi connectivity index (χ1n) is 9.21. The van der Waals surface area contributed by atoms with Gasteiger partial charge in [-0.3, -0.25) is 14.5 Å². The van der Waals surface area contributed by atoms with E-state index < -0.39 is 29.3 Å². The van der Waals surface area contributed by atoms with Gasteiger partial charge >= 0.3 is 5.91 Å². The average Bonchev–Trinajstić information content (AvgIpc) is 3.37. The van der Waals surface area contributed by atoms with Crippen LogP contribution >= 0.6 is 11.3 Å². The SMILES string of the molecule is CCOc1cc([C@@H]2/C(=C(\O)c3ccc(F)cc3)C(=O)C(=O)N2c2nncs2)ccc1O. The Morgan fingerprint density at radius 3 is 2.61 bits per heavy atom. The molecule has 0 unspecified atom stereocenters. The summed E-state index contributed by atoms with van der Waals surface area (Å²) < 4.78 is 18.8. The fourth-order valence-electron chi connectivity index (χ4n) is 3.35. The van der Waals surface area contributed by atoms with Crippen LogP contribution in [0.3, 0.4) is 0 Å². The number of nitrogens with zero attached hydrogens (tertiary/aromatic N) is 3. The Morgan fingerprint density at radius 2 is 1.97 bits per heavy atom. The molecule has 4 rings (SSSR count). The Labute approximate surface area is 179 Å². The standard InChI is InChI=1S/C21H16FN3O5S/c1-2-30-15-9-12(5-8-14(15)26)17-16(18(27)11-3-6-13(22)7-4-11)19(28)20(29)25(17)21-24-23-10-31-21/h3-10,17,26-27H,2H2,1H3/b18-16+/t17-/m1/s1. The molecule has 0 bridgehead atoms. The number of hydrogen-bond acceptors (Lipinski definition) is 8. The van der Waals surface area contributed by atoms with Crippen LogP contribution in [0.1, 0.15) is 24.1 Å². The molecule has 1 saturated heterocycles. The molecule has 31 heavy (non-hydrogen) atoms. The minimum atomic E-state index is -1.06. The van der Waals surface area contributed by atoms with E-state index in [1.165, 1.54) is 35.8 Å². The lowest BCUT2D eigenvalue weighted by Gasteiger charge is -2.23. The van der Waals surface area contributed by atoms with Crippen molar-refractivity contribution in [1.82, 2.24) is 10.2 Å². The number of ether oxygens (including phenoxy) is 1. The number of aliphatic hydroxyl groups is 1. The molecule has 0 aliphatic carbocycles. The van der Waals surface area contributed by atoms with Gasteiger partial charge in [-0.25, -0.2) is 4.39 Å². The van der Waals surface area contributed by atoms with E-state index in [1.54, 1.807) is 6.92 Å². The van der Waals surface area contributed by atoms with Crippen LogP contribution in [0.4, 0.5) is 9.52 Å². The van der Waals surface area contributed by atoms with E-state index in [4.69, 9.17) is 4.74 Å². The van der Waals surface area contributed by atoms with Crippen LogP contribution in [0.25, 0.3) is 5.76 Å². The number of carbonyl (C=O) groups excluding carboxylic acids is 2. The second-order valence-corrected chi connectivity index (χ2v) is 7.37. The number of phenols is 1. The number of halogens is 1. The molecule has 1 atom stereocenters. The molecule has 0 spiro atoms. The second-order valence-electron chi connectivity index (χ2n) is 6.56. The van der Waals surface area contributed by atoms with E-state index in [2.05, 4.69) is 10.2 Å². The third-order valence-electron chi connectivity index (χ3n) is 4.72. The van der Waals surface area contributed by atoms with E-state index in [1.807, 2.05) is 0 Å². The Bertz CT molecular complexity index is 1180. The van der Waals surface area contributed by atoms with Crippen LogP contribution < -0.4 is 9.64 Å². The molecule has 0 radical (unpaired) electrons. The summed E-state index contributed by atoms with van der Waals surface area (Å²) in [4.78, 5) is 27.0. The topological polar surface area (TPSA) is 113 Å². The van der Waals surface area contributed by atoms with Crippen molar-refractivity contribution in [2.75, 3.05) is 11.5 Å². The van der Waals surface area contributed by atoms with Gasteiger partial charge in [-0.2, -0.15) is 0 Å². The molecule has 8 nitrogen and oxygen atoms in total. The number of benzene rings is 2. The highest BCUT2D eigenvalue weighted by molar-refractivity contribution is 7.13. The number of anilines is 1. The van der Waals surface area contributed by atoms with Crippen molar-refractivity contribution in [2.24, 2.45) is 0 Å². The van der Waals surface area contributed by atoms with Crippen molar-refractivity contribution >= 4 is 33.9 Å². The van der Waals surface area contributed by atoms with Gasteiger partial charge < -0.3 is 14.9 Å². The zero-order valence-corrected chi connectivity index (χ0v) is 17.0. The Morgan fingerprint density at radius 1 is 1.23 bits per heavy atom. The van der Waals surface area contributed by atoms with Gasteiger partial charge in [0.25, 0.3) is 5.78 Å². The predicted octanol–water partition coefficient (Wildman–Crippen LogP) is 3.41. The summed E-state index contributed by atoms with van der Waals surface area (Å²) in [6.07, 6.45) is 0. The minimum absolute atomic E-state index is 0.114. The molecule has 1 fully saturated rings. The molecule has 10 heteroatoms. The van der Waals surface area contributed by atoms with Gasteiger partial charge in [-0.05, 0) is 48.9 Å². The zero-order valence-electron chi connectivity index (χ0n) is 16.2. The van der Waals surface area contributed by atoms with E-state index in [9.17, 15) is 24.2 Å². The van der Waals surface area contributed by atoms with Crippen LogP contribution in [0.2, 0.25) is 0 Å². The van der Waals surface area contributed by atoms with E-state index in [-0.39, 0.29) is 34.4 Å². The van der Waals surface area contributed by atoms with Crippen LogP contribution in [-0.2, 0) is 9.59 Å². The smallest absolute Gasteiger partial charge is 0.301 e. The first kappa shape index (κ1) is 20.5. The highest BCUT2D eigenvalue weighted by atomic mass is 32.1. The lowest BCUT2D eigenvalue weighted by Crippen LogP contribution is -2.29. The molecular formula is C21H16FN3O5S. The Hall–Kier alpha value is -3.79. The third kappa shape index (κ3) is 3.61. The highest BCUT2D eigenvalue weighted by Gasteiger charge is 2.48. The van der Waals surface area contributed by atoms with Crippen molar-refractivity contribution in [3.63, 3.8) is 0 Å². The van der Waals surface area contributed by atoms with Gasteiger partial charge in [-0.1, -0.05) is 17.4 Å². The van der Waals surface area contributed by atoms with E-state index in [0.717, 1.165) is 28.4 Å². The van der Waals surface area contributed by atoms with Crippen molar-refractivity contribution < 1.29 is 28.9 Å². The van der Waals surface area contributed by atoms with Crippen molar-refractivity contribution in [2.45, 2.75) is 13.0 Å². The van der Waals surface area contributed by atoms with Crippen LogP contribution in [0.5, 0.6) is 11.5 Å². The molecule has 1 aromatic heterocycles. The zero-order chi connectivity index (χ0) is 22.1. The molecule has 1 aliphatic heterocycles.